The molecular formula is C18H14FN3O5. The van der Waals surface area contributed by atoms with Crippen LogP contribution >= 0.6 is 0 Å². The number of fused-ring (bicyclic) bond motifs is 2. The molecule has 4 rings (SSSR count). The molecular weight excluding hydrogens is 357 g/mol. The van der Waals surface area contributed by atoms with Crippen LogP contribution < -0.4 is 25.0 Å². The van der Waals surface area contributed by atoms with Gasteiger partial charge in [0.1, 0.15) is 23.9 Å². The van der Waals surface area contributed by atoms with Gasteiger partial charge in [-0.3, -0.25) is 19.3 Å². The first-order valence-electron chi connectivity index (χ1n) is 8.09. The molecule has 0 saturated heterocycles. The average Bonchev–Trinajstić information content (AvgIpc) is 2.64. The predicted octanol–water partition coefficient (Wildman–Crippen LogP) is 1.52. The molecule has 3 amide bonds. The molecule has 0 saturated carbocycles. The van der Waals surface area contributed by atoms with Crippen molar-refractivity contribution in [2.24, 2.45) is 0 Å². The van der Waals surface area contributed by atoms with E-state index in [0.717, 1.165) is 6.07 Å². The summed E-state index contributed by atoms with van der Waals surface area (Å²) in [6, 6.07) is 8.55. The second-order valence-corrected chi connectivity index (χ2v) is 5.98. The van der Waals surface area contributed by atoms with E-state index in [0.29, 0.717) is 22.9 Å². The van der Waals surface area contributed by atoms with Gasteiger partial charge >= 0.3 is 0 Å². The van der Waals surface area contributed by atoms with Crippen LogP contribution in [0.5, 0.6) is 11.5 Å². The van der Waals surface area contributed by atoms with Gasteiger partial charge in [0, 0.05) is 17.8 Å². The minimum Gasteiger partial charge on any atom is -0.482 e. The molecule has 2 heterocycles. The van der Waals surface area contributed by atoms with Gasteiger partial charge in [0.05, 0.1) is 11.4 Å². The highest BCUT2D eigenvalue weighted by Crippen LogP contribution is 2.33. The minimum absolute atomic E-state index is 0.102. The summed E-state index contributed by atoms with van der Waals surface area (Å²) in [4.78, 5) is 37.0. The van der Waals surface area contributed by atoms with Gasteiger partial charge in [-0.2, -0.15) is 0 Å². The fraction of sp³-hybridized carbons (Fsp3) is 0.167. The van der Waals surface area contributed by atoms with E-state index in [1.807, 2.05) is 0 Å². The number of benzene rings is 2. The second kappa shape index (κ2) is 6.60. The molecule has 2 aliphatic heterocycles. The van der Waals surface area contributed by atoms with E-state index in [1.54, 1.807) is 18.2 Å². The molecule has 27 heavy (non-hydrogen) atoms. The van der Waals surface area contributed by atoms with E-state index in [2.05, 4.69) is 10.6 Å². The van der Waals surface area contributed by atoms with Crippen molar-refractivity contribution in [3.63, 3.8) is 0 Å². The molecule has 138 valence electrons. The van der Waals surface area contributed by atoms with Crippen LogP contribution in [0.3, 0.4) is 0 Å². The van der Waals surface area contributed by atoms with Crippen LogP contribution in [0.25, 0.3) is 0 Å². The maximum Gasteiger partial charge on any atom is 0.265 e. The van der Waals surface area contributed by atoms with E-state index < -0.39 is 17.6 Å². The molecule has 2 aliphatic rings. The van der Waals surface area contributed by atoms with Crippen molar-refractivity contribution in [1.82, 2.24) is 0 Å². The third-order valence-electron chi connectivity index (χ3n) is 4.06. The lowest BCUT2D eigenvalue weighted by Crippen LogP contribution is -2.43. The van der Waals surface area contributed by atoms with Crippen LogP contribution in [0.1, 0.15) is 0 Å². The molecule has 0 radical (unpaired) electrons. The highest BCUT2D eigenvalue weighted by atomic mass is 19.1. The summed E-state index contributed by atoms with van der Waals surface area (Å²) in [5, 5.41) is 5.31. The summed E-state index contributed by atoms with van der Waals surface area (Å²) in [6.45, 7) is -0.624. The molecule has 0 aromatic heterocycles. The molecule has 2 N–H and O–H groups in total. The fourth-order valence-corrected chi connectivity index (χ4v) is 2.85. The Balaban J connectivity index is 1.49. The molecule has 0 unspecified atom stereocenters. The van der Waals surface area contributed by atoms with E-state index in [1.165, 1.54) is 17.0 Å². The van der Waals surface area contributed by atoms with Crippen LogP contribution in [0.2, 0.25) is 0 Å². The summed E-state index contributed by atoms with van der Waals surface area (Å²) < 4.78 is 24.1. The fourth-order valence-electron chi connectivity index (χ4n) is 2.85. The zero-order valence-corrected chi connectivity index (χ0v) is 14.0. The van der Waals surface area contributed by atoms with Crippen molar-refractivity contribution in [3.8, 4) is 11.5 Å². The van der Waals surface area contributed by atoms with Gasteiger partial charge in [-0.1, -0.05) is 0 Å². The Morgan fingerprint density at radius 2 is 1.93 bits per heavy atom. The lowest BCUT2D eigenvalue weighted by atomic mass is 10.2. The first kappa shape index (κ1) is 16.8. The van der Waals surface area contributed by atoms with Crippen molar-refractivity contribution in [2.75, 3.05) is 35.3 Å². The van der Waals surface area contributed by atoms with Crippen LogP contribution in [0, 0.1) is 5.82 Å². The van der Waals surface area contributed by atoms with Gasteiger partial charge in [0.15, 0.2) is 13.2 Å². The summed E-state index contributed by atoms with van der Waals surface area (Å²) in [5.74, 6) is -0.939. The molecule has 0 atom stereocenters. The normalized spacial score (nSPS) is 15.1. The summed E-state index contributed by atoms with van der Waals surface area (Å²) >= 11 is 0. The van der Waals surface area contributed by atoms with Gasteiger partial charge in [0.2, 0.25) is 5.91 Å². The van der Waals surface area contributed by atoms with Crippen molar-refractivity contribution >= 4 is 34.8 Å². The number of halogens is 1. The highest BCUT2D eigenvalue weighted by Gasteiger charge is 2.28. The first-order valence-corrected chi connectivity index (χ1v) is 8.09. The number of anilines is 3. The van der Waals surface area contributed by atoms with E-state index >= 15 is 0 Å². The number of rotatable bonds is 3. The minimum atomic E-state index is -0.536. The van der Waals surface area contributed by atoms with Crippen LogP contribution in [0.15, 0.2) is 36.4 Å². The van der Waals surface area contributed by atoms with Gasteiger partial charge in [-0.15, -0.1) is 0 Å². The largest absolute Gasteiger partial charge is 0.482 e. The van der Waals surface area contributed by atoms with Crippen LogP contribution in [0.4, 0.5) is 21.5 Å². The smallest absolute Gasteiger partial charge is 0.265 e. The molecule has 2 aromatic carbocycles. The summed E-state index contributed by atoms with van der Waals surface area (Å²) in [7, 11) is 0. The zero-order chi connectivity index (χ0) is 19.0. The topological polar surface area (TPSA) is 97.0 Å². The number of hydrogen-bond acceptors (Lipinski definition) is 5. The third kappa shape index (κ3) is 3.39. The number of amides is 3. The molecule has 8 nitrogen and oxygen atoms in total. The lowest BCUT2D eigenvalue weighted by Gasteiger charge is -2.28. The number of carbonyl (C=O) groups is 3. The molecule has 2 aromatic rings. The van der Waals surface area contributed by atoms with Crippen molar-refractivity contribution in [3.05, 3.63) is 42.2 Å². The van der Waals surface area contributed by atoms with Gasteiger partial charge in [-0.25, -0.2) is 4.39 Å². The van der Waals surface area contributed by atoms with Gasteiger partial charge < -0.3 is 20.1 Å². The Hall–Kier alpha value is -3.62. The van der Waals surface area contributed by atoms with E-state index in [9.17, 15) is 18.8 Å². The second-order valence-electron chi connectivity index (χ2n) is 5.98. The highest BCUT2D eigenvalue weighted by molar-refractivity contribution is 6.05. The molecule has 0 fully saturated rings. The van der Waals surface area contributed by atoms with Crippen molar-refractivity contribution in [1.29, 1.82) is 0 Å². The Morgan fingerprint density at radius 3 is 2.78 bits per heavy atom. The standard InChI is InChI=1S/C18H14FN3O5/c19-10-1-4-14-13(5-10)22(18(25)9-27-14)7-16(23)20-11-2-3-12-15(6-11)26-8-17(24)21-12/h1-6H,7-9H2,(H,20,23)(H,21,24). The average molecular weight is 371 g/mol. The number of carbonyl (C=O) groups excluding carboxylic acids is 3. The molecule has 9 heteroatoms. The first-order chi connectivity index (χ1) is 13.0. The number of ether oxygens (including phenoxy) is 2. The van der Waals surface area contributed by atoms with Crippen molar-refractivity contribution < 1.29 is 28.2 Å². The summed E-state index contributed by atoms with van der Waals surface area (Å²) in [6.07, 6.45) is 0. The maximum atomic E-state index is 13.5. The number of nitrogens with zero attached hydrogens (tertiary/aromatic N) is 1. The summed E-state index contributed by atoms with van der Waals surface area (Å²) in [5.41, 5.74) is 1.16. The maximum absolute atomic E-state index is 13.5. The Bertz CT molecular complexity index is 962. The third-order valence-corrected chi connectivity index (χ3v) is 4.06. The Morgan fingerprint density at radius 1 is 1.11 bits per heavy atom. The van der Waals surface area contributed by atoms with Crippen LogP contribution in [-0.4, -0.2) is 37.5 Å². The number of hydrogen-bond donors (Lipinski definition) is 2. The zero-order valence-electron chi connectivity index (χ0n) is 14.0. The van der Waals surface area contributed by atoms with Gasteiger partial charge in [-0.05, 0) is 24.3 Å². The van der Waals surface area contributed by atoms with E-state index in [-0.39, 0.29) is 31.4 Å². The quantitative estimate of drug-likeness (QED) is 0.853. The predicted molar refractivity (Wildman–Crippen MR) is 93.4 cm³/mol. The lowest BCUT2D eigenvalue weighted by molar-refractivity contribution is -0.123. The Kier molecular flexibility index (Phi) is 4.11. The molecule has 0 bridgehead atoms. The Labute approximate surface area is 152 Å². The SMILES string of the molecule is O=C(CN1C(=O)COc2ccc(F)cc21)Nc1ccc2c(c1)OCC(=O)N2. The van der Waals surface area contributed by atoms with Gasteiger partial charge in [0.25, 0.3) is 11.8 Å². The molecule has 0 spiro atoms. The van der Waals surface area contributed by atoms with Crippen LogP contribution in [-0.2, 0) is 14.4 Å². The van der Waals surface area contributed by atoms with Crippen molar-refractivity contribution in [2.45, 2.75) is 0 Å². The van der Waals surface area contributed by atoms with E-state index in [4.69, 9.17) is 9.47 Å². The number of nitrogens with one attached hydrogen (secondary N) is 2. The monoisotopic (exact) mass is 371 g/mol. The molecule has 0 aliphatic carbocycles.